The van der Waals surface area contributed by atoms with E-state index >= 15 is 0 Å². The summed E-state index contributed by atoms with van der Waals surface area (Å²) in [5.41, 5.74) is -3.05. The Morgan fingerprint density at radius 2 is 1.54 bits per heavy atom. The lowest BCUT2D eigenvalue weighted by molar-refractivity contribution is -0.297. The van der Waals surface area contributed by atoms with Gasteiger partial charge in [0, 0.05) is 14.5 Å². The zero-order valence-corrected chi connectivity index (χ0v) is 16.1. The van der Waals surface area contributed by atoms with Crippen LogP contribution in [0.3, 0.4) is 0 Å². The molecule has 3 rings (SSSR count). The van der Waals surface area contributed by atoms with Crippen molar-refractivity contribution >= 4 is 43.5 Å². The van der Waals surface area contributed by atoms with Crippen molar-refractivity contribution in [2.45, 2.75) is 18.3 Å². The van der Waals surface area contributed by atoms with Crippen molar-refractivity contribution in [1.29, 1.82) is 0 Å². The van der Waals surface area contributed by atoms with Crippen LogP contribution >= 0.6 is 31.9 Å². The Balaban J connectivity index is 2.03. The summed E-state index contributed by atoms with van der Waals surface area (Å²) in [5.74, 6) is -1.04. The molecule has 0 saturated heterocycles. The molecule has 2 aromatic carbocycles. The number of hydrogen-bond acceptors (Lipinski definition) is 3. The Labute approximate surface area is 163 Å². The molecule has 136 valence electrons. The van der Waals surface area contributed by atoms with Gasteiger partial charge in [-0.25, -0.2) is 0 Å². The van der Waals surface area contributed by atoms with Gasteiger partial charge < -0.3 is 5.11 Å². The molecular formula is C17H11Br2F3N2O2. The average Bonchev–Trinajstić information content (AvgIpc) is 2.94. The van der Waals surface area contributed by atoms with E-state index in [1.54, 1.807) is 24.3 Å². The number of carbonyl (C=O) groups excluding carboxylic acids is 1. The summed E-state index contributed by atoms with van der Waals surface area (Å²) in [5, 5.41) is 14.2. The largest absolute Gasteiger partial charge is 0.438 e. The molecule has 1 heterocycles. The maximum atomic E-state index is 13.6. The Hall–Kier alpha value is -1.71. The van der Waals surface area contributed by atoms with E-state index in [0.29, 0.717) is 10.0 Å². The van der Waals surface area contributed by atoms with E-state index in [1.165, 1.54) is 24.3 Å². The number of benzene rings is 2. The van der Waals surface area contributed by atoms with Crippen molar-refractivity contribution in [3.63, 3.8) is 0 Å². The molecule has 1 atom stereocenters. The van der Waals surface area contributed by atoms with Crippen molar-refractivity contribution < 1.29 is 23.1 Å². The maximum Gasteiger partial charge on any atom is 0.438 e. The van der Waals surface area contributed by atoms with Gasteiger partial charge in [-0.1, -0.05) is 44.0 Å². The molecule has 0 aromatic heterocycles. The zero-order chi connectivity index (χ0) is 19.1. The third kappa shape index (κ3) is 3.43. The van der Waals surface area contributed by atoms with Gasteiger partial charge in [0.05, 0.1) is 12.1 Å². The van der Waals surface area contributed by atoms with Crippen LogP contribution in [0.2, 0.25) is 0 Å². The van der Waals surface area contributed by atoms with Gasteiger partial charge in [0.2, 0.25) is 0 Å². The second-order valence-corrected chi connectivity index (χ2v) is 7.50. The molecule has 2 aromatic rings. The van der Waals surface area contributed by atoms with Crippen LogP contribution in [0, 0.1) is 0 Å². The molecule has 1 aliphatic rings. The quantitative estimate of drug-likeness (QED) is 0.661. The van der Waals surface area contributed by atoms with E-state index < -0.39 is 24.2 Å². The Morgan fingerprint density at radius 3 is 2.04 bits per heavy atom. The van der Waals surface area contributed by atoms with Crippen LogP contribution in [0.15, 0.2) is 62.6 Å². The van der Waals surface area contributed by atoms with Crippen molar-refractivity contribution in [2.75, 3.05) is 0 Å². The molecular weight excluding hydrogens is 481 g/mol. The molecule has 1 N–H and O–H groups in total. The minimum Gasteiger partial charge on any atom is -0.362 e. The van der Waals surface area contributed by atoms with Crippen molar-refractivity contribution in [3.05, 3.63) is 68.6 Å². The minimum atomic E-state index is -5.07. The lowest BCUT2D eigenvalue weighted by atomic mass is 10.0. The Kier molecular flexibility index (Phi) is 4.98. The molecule has 0 aliphatic carbocycles. The molecule has 1 unspecified atom stereocenters. The topological polar surface area (TPSA) is 52.9 Å². The smallest absolute Gasteiger partial charge is 0.362 e. The molecule has 1 aliphatic heterocycles. The predicted molar refractivity (Wildman–Crippen MR) is 96.6 cm³/mol. The number of carbonyl (C=O) groups is 1. The number of alkyl halides is 3. The third-order valence-corrected chi connectivity index (χ3v) is 4.96. The first-order chi connectivity index (χ1) is 12.1. The molecule has 9 heteroatoms. The van der Waals surface area contributed by atoms with E-state index in [0.717, 1.165) is 4.47 Å². The fraction of sp³-hybridized carbons (Fsp3) is 0.176. The van der Waals surface area contributed by atoms with Crippen molar-refractivity contribution in [2.24, 2.45) is 5.10 Å². The highest BCUT2D eigenvalue weighted by molar-refractivity contribution is 9.10. The first-order valence-corrected chi connectivity index (χ1v) is 8.93. The van der Waals surface area contributed by atoms with Crippen LogP contribution in [0.5, 0.6) is 0 Å². The summed E-state index contributed by atoms with van der Waals surface area (Å²) in [7, 11) is 0. The third-order valence-electron chi connectivity index (χ3n) is 3.90. The van der Waals surface area contributed by atoms with Gasteiger partial charge in [0.25, 0.3) is 11.6 Å². The number of amides is 1. The predicted octanol–water partition coefficient (Wildman–Crippen LogP) is 4.71. The van der Waals surface area contributed by atoms with Gasteiger partial charge in [0.1, 0.15) is 0 Å². The number of nitrogens with zero attached hydrogens (tertiary/aromatic N) is 2. The van der Waals surface area contributed by atoms with Gasteiger partial charge in [-0.2, -0.15) is 23.3 Å². The lowest BCUT2D eigenvalue weighted by Crippen LogP contribution is -2.56. The lowest BCUT2D eigenvalue weighted by Gasteiger charge is -2.32. The maximum absolute atomic E-state index is 13.6. The molecule has 4 nitrogen and oxygen atoms in total. The number of aliphatic hydroxyl groups is 1. The van der Waals surface area contributed by atoms with Crippen molar-refractivity contribution in [1.82, 2.24) is 5.01 Å². The fourth-order valence-corrected chi connectivity index (χ4v) is 3.03. The summed E-state index contributed by atoms with van der Waals surface area (Å²) in [6.07, 6.45) is -5.92. The first kappa shape index (κ1) is 19.1. The molecule has 1 amide bonds. The van der Waals surface area contributed by atoms with Crippen LogP contribution < -0.4 is 0 Å². The Morgan fingerprint density at radius 1 is 1.04 bits per heavy atom. The highest BCUT2D eigenvalue weighted by atomic mass is 79.9. The number of hydrogen-bond donors (Lipinski definition) is 1. The van der Waals surface area contributed by atoms with E-state index in [2.05, 4.69) is 37.0 Å². The normalized spacial score (nSPS) is 20.2. The Bertz CT molecular complexity index is 867. The molecule has 0 bridgehead atoms. The monoisotopic (exact) mass is 490 g/mol. The standard InChI is InChI=1S/C17H11Br2F3N2O2/c18-12-5-1-10(2-6-12)14-9-16(26,17(20,21)22)24(23-14)15(25)11-3-7-13(19)8-4-11/h1-8,26H,9H2. The van der Waals surface area contributed by atoms with Gasteiger partial charge in [0.15, 0.2) is 0 Å². The van der Waals surface area contributed by atoms with Gasteiger partial charge in [-0.3, -0.25) is 4.79 Å². The summed E-state index contributed by atoms with van der Waals surface area (Å²) >= 11 is 6.43. The van der Waals surface area contributed by atoms with Crippen LogP contribution in [-0.2, 0) is 0 Å². The van der Waals surface area contributed by atoms with E-state index in [4.69, 9.17) is 0 Å². The average molecular weight is 492 g/mol. The van der Waals surface area contributed by atoms with E-state index in [-0.39, 0.29) is 16.3 Å². The summed E-state index contributed by atoms with van der Waals surface area (Å²) in [6.45, 7) is 0. The summed E-state index contributed by atoms with van der Waals surface area (Å²) in [4.78, 5) is 12.6. The molecule has 26 heavy (non-hydrogen) atoms. The molecule has 0 saturated carbocycles. The van der Waals surface area contributed by atoms with Crippen LogP contribution in [0.25, 0.3) is 0 Å². The van der Waals surface area contributed by atoms with Gasteiger partial charge in [-0.15, -0.1) is 0 Å². The highest BCUT2D eigenvalue weighted by Crippen LogP contribution is 2.42. The number of rotatable bonds is 2. The molecule has 0 spiro atoms. The van der Waals surface area contributed by atoms with Gasteiger partial charge in [-0.05, 0) is 42.0 Å². The van der Waals surface area contributed by atoms with E-state index in [1.807, 2.05) is 0 Å². The summed E-state index contributed by atoms with van der Waals surface area (Å²) in [6, 6.07) is 12.2. The zero-order valence-electron chi connectivity index (χ0n) is 13.0. The minimum absolute atomic E-state index is 0.0170. The highest BCUT2D eigenvalue weighted by Gasteiger charge is 2.63. The second-order valence-electron chi connectivity index (χ2n) is 5.67. The van der Waals surface area contributed by atoms with Gasteiger partial charge >= 0.3 is 6.18 Å². The van der Waals surface area contributed by atoms with Crippen LogP contribution in [-0.4, -0.2) is 33.6 Å². The first-order valence-electron chi connectivity index (χ1n) is 7.34. The second kappa shape index (κ2) is 6.79. The van der Waals surface area contributed by atoms with Crippen LogP contribution in [0.4, 0.5) is 13.2 Å². The SMILES string of the molecule is O=C(c1ccc(Br)cc1)N1N=C(c2ccc(Br)cc2)CC1(O)C(F)(F)F. The van der Waals surface area contributed by atoms with Crippen molar-refractivity contribution in [3.8, 4) is 0 Å². The van der Waals surface area contributed by atoms with Crippen LogP contribution in [0.1, 0.15) is 22.3 Å². The number of hydrazone groups is 1. The summed E-state index contributed by atoms with van der Waals surface area (Å²) < 4.78 is 42.1. The number of halogens is 5. The molecule has 0 radical (unpaired) electrons. The molecule has 0 fully saturated rings. The fourth-order valence-electron chi connectivity index (χ4n) is 2.50. The van der Waals surface area contributed by atoms with E-state index in [9.17, 15) is 23.1 Å².